The van der Waals surface area contributed by atoms with Crippen LogP contribution in [0.2, 0.25) is 4.34 Å². The van der Waals surface area contributed by atoms with Crippen LogP contribution in [-0.4, -0.2) is 23.2 Å². The molecule has 198 valence electrons. The van der Waals surface area contributed by atoms with E-state index in [1.807, 2.05) is 6.07 Å². The number of benzene rings is 2. The van der Waals surface area contributed by atoms with Crippen LogP contribution >= 0.6 is 34.3 Å². The van der Waals surface area contributed by atoms with E-state index in [1.165, 1.54) is 30.3 Å². The molecule has 38 heavy (non-hydrogen) atoms. The zero-order chi connectivity index (χ0) is 27.7. The van der Waals surface area contributed by atoms with Crippen molar-refractivity contribution in [2.24, 2.45) is 0 Å². The summed E-state index contributed by atoms with van der Waals surface area (Å²) in [5, 5.41) is 9.11. The van der Waals surface area contributed by atoms with Gasteiger partial charge in [0.1, 0.15) is 20.9 Å². The van der Waals surface area contributed by atoms with Crippen LogP contribution in [0, 0.1) is 11.3 Å². The molecular weight excluding hydrogens is 607 g/mol. The number of rotatable bonds is 8. The van der Waals surface area contributed by atoms with Gasteiger partial charge in [-0.1, -0.05) is 17.7 Å². The van der Waals surface area contributed by atoms with Gasteiger partial charge in [0.15, 0.2) is 0 Å². The minimum Gasteiger partial charge on any atom is -0.406 e. The third kappa shape index (κ3) is 6.58. The van der Waals surface area contributed by atoms with Crippen LogP contribution in [0.15, 0.2) is 75.8 Å². The van der Waals surface area contributed by atoms with Crippen LogP contribution in [0.1, 0.15) is 4.88 Å². The molecule has 2 aromatic carbocycles. The van der Waals surface area contributed by atoms with Crippen molar-refractivity contribution in [2.75, 3.05) is 9.44 Å². The molecule has 2 heterocycles. The van der Waals surface area contributed by atoms with E-state index >= 15 is 0 Å². The molecule has 0 aliphatic heterocycles. The Morgan fingerprint density at radius 3 is 2.11 bits per heavy atom. The highest BCUT2D eigenvalue weighted by Gasteiger charge is 2.31. The summed E-state index contributed by atoms with van der Waals surface area (Å²) in [6, 6.07) is 15.6. The third-order valence-electron chi connectivity index (χ3n) is 4.69. The van der Waals surface area contributed by atoms with Gasteiger partial charge in [0.05, 0.1) is 20.6 Å². The van der Waals surface area contributed by atoms with Gasteiger partial charge in [0.2, 0.25) is 0 Å². The Hall–Kier alpha value is -3.29. The number of hydrogen-bond acceptors (Lipinski definition) is 8. The summed E-state index contributed by atoms with van der Waals surface area (Å²) in [6.45, 7) is 0. The second-order valence-corrected chi connectivity index (χ2v) is 13.7. The van der Waals surface area contributed by atoms with Crippen molar-refractivity contribution in [3.63, 3.8) is 0 Å². The average Bonchev–Trinajstić information content (AvgIpc) is 3.49. The normalized spacial score (nSPS) is 12.1. The lowest BCUT2D eigenvalue weighted by molar-refractivity contribution is -0.274. The van der Waals surface area contributed by atoms with E-state index in [4.69, 9.17) is 16.9 Å². The molecule has 4 rings (SSSR count). The van der Waals surface area contributed by atoms with E-state index in [1.54, 1.807) is 12.1 Å². The first-order valence-electron chi connectivity index (χ1n) is 10.1. The van der Waals surface area contributed by atoms with Gasteiger partial charge in [0.25, 0.3) is 20.0 Å². The smallest absolute Gasteiger partial charge is 0.406 e. The number of alkyl halides is 3. The summed E-state index contributed by atoms with van der Waals surface area (Å²) in [5.74, 6) is -0.618. The highest BCUT2D eigenvalue weighted by Crippen LogP contribution is 2.36. The van der Waals surface area contributed by atoms with Gasteiger partial charge in [-0.2, -0.15) is 5.26 Å². The van der Waals surface area contributed by atoms with Gasteiger partial charge in [-0.3, -0.25) is 9.44 Å². The van der Waals surface area contributed by atoms with Crippen molar-refractivity contribution in [1.29, 1.82) is 5.26 Å². The number of nitrogens with one attached hydrogen (secondary N) is 2. The predicted octanol–water partition coefficient (Wildman–Crippen LogP) is 6.50. The topological polar surface area (TPSA) is 125 Å². The van der Waals surface area contributed by atoms with Crippen LogP contribution < -0.4 is 14.2 Å². The van der Waals surface area contributed by atoms with E-state index in [0.29, 0.717) is 15.3 Å². The summed E-state index contributed by atoms with van der Waals surface area (Å²) in [6.07, 6.45) is -4.95. The quantitative estimate of drug-likeness (QED) is 0.232. The van der Waals surface area contributed by atoms with Crippen LogP contribution in [-0.2, 0) is 20.0 Å². The van der Waals surface area contributed by atoms with Crippen molar-refractivity contribution >= 4 is 65.7 Å². The van der Waals surface area contributed by atoms with Crippen molar-refractivity contribution in [3.8, 4) is 22.3 Å². The monoisotopic (exact) mass is 619 g/mol. The summed E-state index contributed by atoms with van der Waals surface area (Å²) in [5.41, 5.74) is 0.178. The molecule has 0 aliphatic rings. The molecule has 4 aromatic rings. The van der Waals surface area contributed by atoms with Crippen LogP contribution in [0.3, 0.4) is 0 Å². The van der Waals surface area contributed by atoms with Gasteiger partial charge in [-0.15, -0.1) is 35.8 Å². The molecule has 2 aromatic heterocycles. The zero-order valence-corrected chi connectivity index (χ0v) is 22.5. The maximum absolute atomic E-state index is 13.1. The van der Waals surface area contributed by atoms with E-state index < -0.39 is 37.1 Å². The molecule has 0 aliphatic carbocycles. The van der Waals surface area contributed by atoms with Gasteiger partial charge < -0.3 is 4.74 Å². The van der Waals surface area contributed by atoms with Crippen molar-refractivity contribution < 1.29 is 34.7 Å². The van der Waals surface area contributed by atoms with Crippen molar-refractivity contribution in [1.82, 2.24) is 0 Å². The molecule has 0 saturated carbocycles. The predicted molar refractivity (Wildman–Crippen MR) is 139 cm³/mol. The Balaban J connectivity index is 1.72. The molecule has 2 N–H and O–H groups in total. The fourth-order valence-electron chi connectivity index (χ4n) is 3.09. The maximum atomic E-state index is 13.1. The lowest BCUT2D eigenvalue weighted by atomic mass is 10.1. The minimum atomic E-state index is -4.95. The lowest BCUT2D eigenvalue weighted by Gasteiger charge is -2.16. The van der Waals surface area contributed by atoms with Gasteiger partial charge in [0, 0.05) is 4.88 Å². The maximum Gasteiger partial charge on any atom is 0.573 e. The minimum absolute atomic E-state index is 0.113. The molecule has 0 bridgehead atoms. The lowest BCUT2D eigenvalue weighted by Crippen LogP contribution is -2.18. The fraction of sp³-hybridized carbons (Fsp3) is 0.0455. The first kappa shape index (κ1) is 27.7. The second-order valence-electron chi connectivity index (χ2n) is 7.32. The summed E-state index contributed by atoms with van der Waals surface area (Å²) >= 11 is 7.78. The van der Waals surface area contributed by atoms with Crippen LogP contribution in [0.5, 0.6) is 5.75 Å². The number of sulfonamides is 2. The number of nitriles is 1. The molecule has 0 fully saturated rings. The summed E-state index contributed by atoms with van der Waals surface area (Å²) in [7, 11) is -8.55. The molecule has 0 spiro atoms. The average molecular weight is 620 g/mol. The Bertz CT molecular complexity index is 1740. The number of hydrogen-bond donors (Lipinski definition) is 2. The molecular formula is C22H13ClF3N3O5S4. The molecule has 0 unspecified atom stereocenters. The van der Waals surface area contributed by atoms with E-state index in [-0.39, 0.29) is 19.9 Å². The number of nitrogens with zero attached hydrogens (tertiary/aromatic N) is 1. The molecule has 0 saturated heterocycles. The SMILES string of the molecule is N#Cc1ccc(-c2ccc(NS(=O)(=O)c3ccc(Cl)s3)c(NS(=O)(=O)c3ccc(OC(F)(F)F)cc3)c2)s1. The molecule has 0 amide bonds. The zero-order valence-electron chi connectivity index (χ0n) is 18.5. The Labute approximate surface area is 228 Å². The van der Waals surface area contributed by atoms with Gasteiger partial charge >= 0.3 is 6.36 Å². The summed E-state index contributed by atoms with van der Waals surface area (Å²) in [4.78, 5) is 0.608. The van der Waals surface area contributed by atoms with Crippen LogP contribution in [0.25, 0.3) is 10.4 Å². The molecule has 8 nitrogen and oxygen atoms in total. The number of thiophene rings is 2. The highest BCUT2D eigenvalue weighted by atomic mass is 35.5. The van der Waals surface area contributed by atoms with Gasteiger partial charge in [-0.25, -0.2) is 16.8 Å². The highest BCUT2D eigenvalue weighted by molar-refractivity contribution is 7.94. The van der Waals surface area contributed by atoms with E-state index in [9.17, 15) is 30.0 Å². The first-order chi connectivity index (χ1) is 17.8. The van der Waals surface area contributed by atoms with E-state index in [0.717, 1.165) is 46.9 Å². The molecule has 0 radical (unpaired) electrons. The Kier molecular flexibility index (Phi) is 7.64. The standard InChI is InChI=1S/C22H13ClF3N3O5S4/c23-20-9-10-21(36-20)38(32,33)28-17-7-1-13(19-8-4-15(12-27)35-19)11-18(17)29-37(30,31)16-5-2-14(3-6-16)34-22(24,25)26/h1-11,28-29H. The molecule has 0 atom stereocenters. The number of anilines is 2. The molecule has 16 heteroatoms. The van der Waals surface area contributed by atoms with Crippen molar-refractivity contribution in [3.05, 3.63) is 75.9 Å². The number of ether oxygens (including phenoxy) is 1. The fourth-order valence-corrected chi connectivity index (χ4v) is 7.52. The van der Waals surface area contributed by atoms with Gasteiger partial charge in [-0.05, 0) is 66.2 Å². The Morgan fingerprint density at radius 2 is 1.53 bits per heavy atom. The first-order valence-corrected chi connectivity index (χ1v) is 15.0. The van der Waals surface area contributed by atoms with E-state index in [2.05, 4.69) is 14.2 Å². The summed E-state index contributed by atoms with van der Waals surface area (Å²) < 4.78 is 97.7. The number of halogens is 4. The van der Waals surface area contributed by atoms with Crippen LogP contribution in [0.4, 0.5) is 24.5 Å². The third-order valence-corrected chi connectivity index (χ3v) is 10.2. The largest absolute Gasteiger partial charge is 0.573 e. The van der Waals surface area contributed by atoms with Crippen molar-refractivity contribution in [2.45, 2.75) is 15.5 Å². The Morgan fingerprint density at radius 1 is 0.842 bits per heavy atom. The second kappa shape index (κ2) is 10.5.